The lowest BCUT2D eigenvalue weighted by Gasteiger charge is -2.16. The Bertz CT molecular complexity index is 438. The van der Waals surface area contributed by atoms with Crippen molar-refractivity contribution in [1.29, 1.82) is 0 Å². The molecule has 1 aromatic rings. The van der Waals surface area contributed by atoms with Crippen molar-refractivity contribution < 1.29 is 14.7 Å². The first-order valence-corrected chi connectivity index (χ1v) is 5.77. The Morgan fingerprint density at radius 1 is 1.22 bits per heavy atom. The van der Waals surface area contributed by atoms with E-state index in [1.54, 1.807) is 19.9 Å². The van der Waals surface area contributed by atoms with Crippen LogP contribution in [0.1, 0.15) is 19.4 Å². The van der Waals surface area contributed by atoms with Crippen molar-refractivity contribution in [3.8, 4) is 0 Å². The third-order valence-corrected chi connectivity index (χ3v) is 2.46. The zero-order chi connectivity index (χ0) is 13.5. The van der Waals surface area contributed by atoms with E-state index in [-0.39, 0.29) is 5.92 Å². The second-order valence-corrected chi connectivity index (χ2v) is 4.31. The second kappa shape index (κ2) is 6.59. The fourth-order valence-corrected chi connectivity index (χ4v) is 1.45. The molecule has 1 amide bonds. The largest absolute Gasteiger partial charge is 0.480 e. The third kappa shape index (κ3) is 4.41. The zero-order valence-electron chi connectivity index (χ0n) is 10.5. The Morgan fingerprint density at radius 2 is 1.83 bits per heavy atom. The van der Waals surface area contributed by atoms with Crippen LogP contribution in [0, 0.1) is 5.92 Å². The fraction of sp³-hybridized carbons (Fsp3) is 0.286. The average molecular weight is 247 g/mol. The highest BCUT2D eigenvalue weighted by Gasteiger charge is 2.22. The van der Waals surface area contributed by atoms with E-state index in [4.69, 9.17) is 5.11 Å². The SMILES string of the molecule is CC(C)[C@H](NC(=O)C=Cc1ccccc1)C(=O)O. The molecule has 0 aromatic heterocycles. The van der Waals surface area contributed by atoms with Gasteiger partial charge in [0, 0.05) is 6.08 Å². The molecule has 2 N–H and O–H groups in total. The van der Waals surface area contributed by atoms with Gasteiger partial charge in [0.25, 0.3) is 0 Å². The molecule has 0 radical (unpaired) electrons. The molecule has 18 heavy (non-hydrogen) atoms. The Kier molecular flexibility index (Phi) is 5.11. The number of hydrogen-bond donors (Lipinski definition) is 2. The minimum atomic E-state index is -1.02. The maximum atomic E-state index is 11.6. The zero-order valence-corrected chi connectivity index (χ0v) is 10.5. The number of benzene rings is 1. The summed E-state index contributed by atoms with van der Waals surface area (Å²) in [7, 11) is 0. The number of carboxylic acid groups (broad SMARTS) is 1. The van der Waals surface area contributed by atoms with E-state index in [1.807, 2.05) is 30.3 Å². The van der Waals surface area contributed by atoms with Crippen LogP contribution in [0.15, 0.2) is 36.4 Å². The number of aliphatic carboxylic acids is 1. The normalized spacial score (nSPS) is 12.6. The molecule has 4 nitrogen and oxygen atoms in total. The predicted molar refractivity (Wildman–Crippen MR) is 69.9 cm³/mol. The monoisotopic (exact) mass is 247 g/mol. The lowest BCUT2D eigenvalue weighted by molar-refractivity contribution is -0.142. The van der Waals surface area contributed by atoms with Crippen molar-refractivity contribution in [3.05, 3.63) is 42.0 Å². The van der Waals surface area contributed by atoms with E-state index in [2.05, 4.69) is 5.32 Å². The topological polar surface area (TPSA) is 66.4 Å². The lowest BCUT2D eigenvalue weighted by atomic mass is 10.0. The highest BCUT2D eigenvalue weighted by molar-refractivity contribution is 5.94. The third-order valence-electron chi connectivity index (χ3n) is 2.46. The van der Waals surface area contributed by atoms with Gasteiger partial charge in [0.1, 0.15) is 6.04 Å². The van der Waals surface area contributed by atoms with Crippen molar-refractivity contribution in [3.63, 3.8) is 0 Å². The average Bonchev–Trinajstić information content (AvgIpc) is 2.34. The maximum Gasteiger partial charge on any atom is 0.326 e. The molecule has 0 heterocycles. The van der Waals surface area contributed by atoms with Gasteiger partial charge in [-0.3, -0.25) is 4.79 Å². The number of carboxylic acids is 1. The van der Waals surface area contributed by atoms with Crippen molar-refractivity contribution in [2.45, 2.75) is 19.9 Å². The number of rotatable bonds is 5. The predicted octanol–water partition coefficient (Wildman–Crippen LogP) is 1.93. The van der Waals surface area contributed by atoms with Crippen molar-refractivity contribution in [2.75, 3.05) is 0 Å². The molecule has 4 heteroatoms. The molecule has 0 aliphatic rings. The van der Waals surface area contributed by atoms with Crippen LogP contribution in [0.2, 0.25) is 0 Å². The van der Waals surface area contributed by atoms with E-state index in [0.29, 0.717) is 0 Å². The first-order chi connectivity index (χ1) is 8.50. The summed E-state index contributed by atoms with van der Waals surface area (Å²) in [5.74, 6) is -1.58. The van der Waals surface area contributed by atoms with Gasteiger partial charge >= 0.3 is 5.97 Å². The van der Waals surface area contributed by atoms with Crippen LogP contribution in [0.25, 0.3) is 6.08 Å². The summed E-state index contributed by atoms with van der Waals surface area (Å²) < 4.78 is 0. The molecule has 1 atom stereocenters. The Morgan fingerprint density at radius 3 is 2.33 bits per heavy atom. The summed E-state index contributed by atoms with van der Waals surface area (Å²) in [6, 6.07) is 8.48. The van der Waals surface area contributed by atoms with E-state index >= 15 is 0 Å². The molecular weight excluding hydrogens is 230 g/mol. The van der Waals surface area contributed by atoms with Crippen LogP contribution in [0.5, 0.6) is 0 Å². The molecule has 96 valence electrons. The molecule has 0 fully saturated rings. The van der Waals surface area contributed by atoms with Crippen LogP contribution in [0.3, 0.4) is 0 Å². The summed E-state index contributed by atoms with van der Waals surface area (Å²) in [5.41, 5.74) is 0.893. The van der Waals surface area contributed by atoms with E-state index in [1.165, 1.54) is 6.08 Å². The number of hydrogen-bond acceptors (Lipinski definition) is 2. The molecule has 0 aliphatic heterocycles. The number of amides is 1. The molecule has 0 saturated carbocycles. The van der Waals surface area contributed by atoms with Crippen LogP contribution < -0.4 is 5.32 Å². The molecular formula is C14H17NO3. The molecule has 0 aliphatic carbocycles. The fourth-order valence-electron chi connectivity index (χ4n) is 1.45. The summed E-state index contributed by atoms with van der Waals surface area (Å²) in [6.07, 6.45) is 2.99. The van der Waals surface area contributed by atoms with Crippen LogP contribution >= 0.6 is 0 Å². The van der Waals surface area contributed by atoms with Gasteiger partial charge in [0.2, 0.25) is 5.91 Å². The van der Waals surface area contributed by atoms with Crippen LogP contribution in [-0.2, 0) is 9.59 Å². The molecule has 1 aromatic carbocycles. The number of carbonyl (C=O) groups excluding carboxylic acids is 1. The van der Waals surface area contributed by atoms with Crippen molar-refractivity contribution in [1.82, 2.24) is 5.32 Å². The first-order valence-electron chi connectivity index (χ1n) is 5.77. The van der Waals surface area contributed by atoms with E-state index < -0.39 is 17.9 Å². The quantitative estimate of drug-likeness (QED) is 0.781. The smallest absolute Gasteiger partial charge is 0.326 e. The van der Waals surface area contributed by atoms with E-state index in [9.17, 15) is 9.59 Å². The van der Waals surface area contributed by atoms with Gasteiger partial charge in [-0.2, -0.15) is 0 Å². The van der Waals surface area contributed by atoms with Gasteiger partial charge in [-0.05, 0) is 17.6 Å². The number of nitrogens with one attached hydrogen (secondary N) is 1. The van der Waals surface area contributed by atoms with Crippen LogP contribution in [0.4, 0.5) is 0 Å². The Balaban J connectivity index is 2.61. The van der Waals surface area contributed by atoms with Gasteiger partial charge in [-0.25, -0.2) is 4.79 Å². The van der Waals surface area contributed by atoms with Crippen molar-refractivity contribution >= 4 is 18.0 Å². The lowest BCUT2D eigenvalue weighted by Crippen LogP contribution is -2.43. The highest BCUT2D eigenvalue weighted by atomic mass is 16.4. The molecule has 0 bridgehead atoms. The minimum absolute atomic E-state index is 0.156. The highest BCUT2D eigenvalue weighted by Crippen LogP contribution is 2.03. The van der Waals surface area contributed by atoms with Crippen LogP contribution in [-0.4, -0.2) is 23.0 Å². The summed E-state index contributed by atoms with van der Waals surface area (Å²) >= 11 is 0. The summed E-state index contributed by atoms with van der Waals surface area (Å²) in [5, 5.41) is 11.4. The molecule has 0 unspecified atom stereocenters. The Hall–Kier alpha value is -2.10. The van der Waals surface area contributed by atoms with Gasteiger partial charge < -0.3 is 10.4 Å². The molecule has 0 spiro atoms. The van der Waals surface area contributed by atoms with Gasteiger partial charge in [0.05, 0.1) is 0 Å². The Labute approximate surface area is 106 Å². The summed E-state index contributed by atoms with van der Waals surface area (Å²) in [6.45, 7) is 3.50. The first kappa shape index (κ1) is 14.0. The molecule has 1 rings (SSSR count). The van der Waals surface area contributed by atoms with Gasteiger partial charge in [-0.1, -0.05) is 44.2 Å². The number of carbonyl (C=O) groups is 2. The standard InChI is InChI=1S/C14H17NO3/c1-10(2)13(14(17)18)15-12(16)9-8-11-6-4-3-5-7-11/h3-10,13H,1-2H3,(H,15,16)(H,17,18)/t13-/m0/s1. The molecule has 0 saturated heterocycles. The van der Waals surface area contributed by atoms with Crippen molar-refractivity contribution in [2.24, 2.45) is 5.92 Å². The summed E-state index contributed by atoms with van der Waals surface area (Å²) in [4.78, 5) is 22.5. The second-order valence-electron chi connectivity index (χ2n) is 4.31. The van der Waals surface area contributed by atoms with E-state index in [0.717, 1.165) is 5.56 Å². The maximum absolute atomic E-state index is 11.6. The minimum Gasteiger partial charge on any atom is -0.480 e. The van der Waals surface area contributed by atoms with Gasteiger partial charge in [-0.15, -0.1) is 0 Å². The van der Waals surface area contributed by atoms with Gasteiger partial charge in [0.15, 0.2) is 0 Å².